The van der Waals surface area contributed by atoms with Gasteiger partial charge in [0.25, 0.3) is 5.91 Å². The number of fused-ring (bicyclic) bond motifs is 1. The zero-order valence-corrected chi connectivity index (χ0v) is 14.3. The summed E-state index contributed by atoms with van der Waals surface area (Å²) in [5, 5.41) is 4.94. The van der Waals surface area contributed by atoms with Gasteiger partial charge in [0, 0.05) is 12.1 Å². The first-order valence-electron chi connectivity index (χ1n) is 8.11. The second kappa shape index (κ2) is 6.99. The first kappa shape index (κ1) is 15.7. The van der Waals surface area contributed by atoms with Gasteiger partial charge in [0.2, 0.25) is 0 Å². The molecule has 0 bridgehead atoms. The van der Waals surface area contributed by atoms with Crippen LogP contribution in [0.25, 0.3) is 11.1 Å². The van der Waals surface area contributed by atoms with Crippen LogP contribution < -0.4 is 14.8 Å². The summed E-state index contributed by atoms with van der Waals surface area (Å²) in [5.74, 6) is 1.42. The third-order valence-electron chi connectivity index (χ3n) is 4.02. The number of benzene rings is 2. The largest absolute Gasteiger partial charge is 0.486 e. The van der Waals surface area contributed by atoms with Crippen molar-refractivity contribution in [2.45, 2.75) is 6.54 Å². The fraction of sp³-hybridized carbons (Fsp3) is 0.150. The Morgan fingerprint density at radius 1 is 1.00 bits per heavy atom. The summed E-state index contributed by atoms with van der Waals surface area (Å²) in [6, 6.07) is 17.7. The molecule has 3 aromatic rings. The molecule has 2 heterocycles. The number of thiophene rings is 1. The van der Waals surface area contributed by atoms with Crippen LogP contribution in [-0.2, 0) is 6.54 Å². The fourth-order valence-electron chi connectivity index (χ4n) is 2.79. The number of carbonyl (C=O) groups excluding carboxylic acids is 1. The summed E-state index contributed by atoms with van der Waals surface area (Å²) in [6.45, 7) is 1.57. The van der Waals surface area contributed by atoms with Crippen LogP contribution in [0.2, 0.25) is 0 Å². The number of hydrogen-bond donors (Lipinski definition) is 1. The SMILES string of the molecule is O=C(NCc1ccc2c(c1)OCCO2)c1sccc1-c1ccccc1. The molecular formula is C20H17NO3S. The molecule has 0 unspecified atom stereocenters. The average Bonchev–Trinajstić information content (AvgIpc) is 3.16. The molecule has 4 rings (SSSR count). The van der Waals surface area contributed by atoms with Crippen LogP contribution in [0.5, 0.6) is 11.5 Å². The molecule has 0 saturated heterocycles. The topological polar surface area (TPSA) is 47.6 Å². The van der Waals surface area contributed by atoms with Crippen molar-refractivity contribution in [1.29, 1.82) is 0 Å². The first-order valence-corrected chi connectivity index (χ1v) is 8.99. The van der Waals surface area contributed by atoms with Crippen molar-refractivity contribution in [3.8, 4) is 22.6 Å². The minimum Gasteiger partial charge on any atom is -0.486 e. The van der Waals surface area contributed by atoms with Crippen molar-refractivity contribution in [3.63, 3.8) is 0 Å². The van der Waals surface area contributed by atoms with E-state index in [9.17, 15) is 4.79 Å². The van der Waals surface area contributed by atoms with E-state index in [0.29, 0.717) is 19.8 Å². The van der Waals surface area contributed by atoms with Crippen LogP contribution in [0.4, 0.5) is 0 Å². The van der Waals surface area contributed by atoms with E-state index in [4.69, 9.17) is 9.47 Å². The van der Waals surface area contributed by atoms with E-state index < -0.39 is 0 Å². The summed E-state index contributed by atoms with van der Waals surface area (Å²) in [5.41, 5.74) is 2.99. The van der Waals surface area contributed by atoms with E-state index in [2.05, 4.69) is 5.32 Å². The van der Waals surface area contributed by atoms with Crippen molar-refractivity contribution in [3.05, 3.63) is 70.4 Å². The molecule has 126 valence electrons. The van der Waals surface area contributed by atoms with Crippen LogP contribution in [0.1, 0.15) is 15.2 Å². The molecule has 25 heavy (non-hydrogen) atoms. The Labute approximate surface area is 150 Å². The summed E-state index contributed by atoms with van der Waals surface area (Å²) in [6.07, 6.45) is 0. The maximum absolute atomic E-state index is 12.6. The number of rotatable bonds is 4. The Kier molecular flexibility index (Phi) is 4.39. The highest BCUT2D eigenvalue weighted by Crippen LogP contribution is 2.31. The molecule has 1 aromatic heterocycles. The van der Waals surface area contributed by atoms with Crippen LogP contribution in [0, 0.1) is 0 Å². The molecule has 1 amide bonds. The molecule has 0 radical (unpaired) electrons. The van der Waals surface area contributed by atoms with E-state index in [1.807, 2.05) is 60.0 Å². The minimum absolute atomic E-state index is 0.0660. The predicted octanol–water partition coefficient (Wildman–Crippen LogP) is 4.12. The van der Waals surface area contributed by atoms with Gasteiger partial charge in [-0.1, -0.05) is 36.4 Å². The van der Waals surface area contributed by atoms with Crippen molar-refractivity contribution >= 4 is 17.2 Å². The van der Waals surface area contributed by atoms with Crippen LogP contribution in [-0.4, -0.2) is 19.1 Å². The van der Waals surface area contributed by atoms with Gasteiger partial charge in [-0.2, -0.15) is 0 Å². The molecular weight excluding hydrogens is 334 g/mol. The number of ether oxygens (including phenoxy) is 2. The maximum atomic E-state index is 12.6. The Balaban J connectivity index is 1.48. The standard InChI is InChI=1S/C20H17NO3S/c22-20(19-16(8-11-25-19)15-4-2-1-3-5-15)21-13-14-6-7-17-18(12-14)24-10-9-23-17/h1-8,11-12H,9-10,13H2,(H,21,22). The second-order valence-corrected chi connectivity index (χ2v) is 6.61. The molecule has 1 N–H and O–H groups in total. The average molecular weight is 351 g/mol. The number of hydrogen-bond acceptors (Lipinski definition) is 4. The number of amides is 1. The van der Waals surface area contributed by atoms with E-state index in [1.54, 1.807) is 0 Å². The molecule has 0 atom stereocenters. The van der Waals surface area contributed by atoms with Gasteiger partial charge in [0.15, 0.2) is 11.5 Å². The van der Waals surface area contributed by atoms with E-state index >= 15 is 0 Å². The lowest BCUT2D eigenvalue weighted by Gasteiger charge is -2.19. The molecule has 1 aliphatic heterocycles. The van der Waals surface area contributed by atoms with E-state index in [-0.39, 0.29) is 5.91 Å². The van der Waals surface area contributed by atoms with Crippen molar-refractivity contribution in [1.82, 2.24) is 5.32 Å². The van der Waals surface area contributed by atoms with Gasteiger partial charge in [0.05, 0.1) is 4.88 Å². The van der Waals surface area contributed by atoms with Crippen molar-refractivity contribution in [2.24, 2.45) is 0 Å². The third kappa shape index (κ3) is 3.37. The molecule has 1 aliphatic rings. The zero-order valence-electron chi connectivity index (χ0n) is 13.5. The summed E-state index contributed by atoms with van der Waals surface area (Å²) in [7, 11) is 0. The zero-order chi connectivity index (χ0) is 17.1. The fourth-order valence-corrected chi connectivity index (χ4v) is 3.62. The van der Waals surface area contributed by atoms with Gasteiger partial charge in [-0.15, -0.1) is 11.3 Å². The Hall–Kier alpha value is -2.79. The number of nitrogens with one attached hydrogen (secondary N) is 1. The summed E-state index contributed by atoms with van der Waals surface area (Å²) < 4.78 is 11.1. The van der Waals surface area contributed by atoms with E-state index in [0.717, 1.165) is 33.1 Å². The van der Waals surface area contributed by atoms with E-state index in [1.165, 1.54) is 11.3 Å². The molecule has 0 fully saturated rings. The summed E-state index contributed by atoms with van der Waals surface area (Å²) in [4.78, 5) is 13.3. The molecule has 4 nitrogen and oxygen atoms in total. The molecule has 2 aromatic carbocycles. The molecule has 0 saturated carbocycles. The monoisotopic (exact) mass is 351 g/mol. The normalized spacial score (nSPS) is 12.6. The highest BCUT2D eigenvalue weighted by molar-refractivity contribution is 7.12. The van der Waals surface area contributed by atoms with Gasteiger partial charge in [0.1, 0.15) is 13.2 Å². The lowest BCUT2D eigenvalue weighted by Crippen LogP contribution is -2.22. The maximum Gasteiger partial charge on any atom is 0.262 e. The predicted molar refractivity (Wildman–Crippen MR) is 98.4 cm³/mol. The highest BCUT2D eigenvalue weighted by atomic mass is 32.1. The van der Waals surface area contributed by atoms with Crippen LogP contribution >= 0.6 is 11.3 Å². The Morgan fingerprint density at radius 3 is 2.64 bits per heavy atom. The van der Waals surface area contributed by atoms with Crippen LogP contribution in [0.3, 0.4) is 0 Å². The second-order valence-electron chi connectivity index (χ2n) is 5.69. The van der Waals surface area contributed by atoms with Gasteiger partial charge in [-0.25, -0.2) is 0 Å². The number of carbonyl (C=O) groups is 1. The van der Waals surface area contributed by atoms with Gasteiger partial charge >= 0.3 is 0 Å². The summed E-state index contributed by atoms with van der Waals surface area (Å²) >= 11 is 1.45. The van der Waals surface area contributed by atoms with Crippen LogP contribution in [0.15, 0.2) is 60.0 Å². The molecule has 0 aliphatic carbocycles. The Morgan fingerprint density at radius 2 is 1.80 bits per heavy atom. The van der Waals surface area contributed by atoms with Crippen molar-refractivity contribution < 1.29 is 14.3 Å². The van der Waals surface area contributed by atoms with Gasteiger partial charge < -0.3 is 14.8 Å². The smallest absolute Gasteiger partial charge is 0.262 e. The van der Waals surface area contributed by atoms with Gasteiger partial charge in [-0.3, -0.25) is 4.79 Å². The van der Waals surface area contributed by atoms with Crippen molar-refractivity contribution in [2.75, 3.05) is 13.2 Å². The Bertz CT molecular complexity index is 889. The lowest BCUT2D eigenvalue weighted by molar-refractivity contribution is 0.0955. The highest BCUT2D eigenvalue weighted by Gasteiger charge is 2.15. The van der Waals surface area contributed by atoms with Gasteiger partial charge in [-0.05, 0) is 34.7 Å². The quantitative estimate of drug-likeness (QED) is 0.769. The lowest BCUT2D eigenvalue weighted by atomic mass is 10.1. The third-order valence-corrected chi connectivity index (χ3v) is 4.93. The molecule has 5 heteroatoms. The molecule has 0 spiro atoms. The first-order chi connectivity index (χ1) is 12.3. The minimum atomic E-state index is -0.0660.